The van der Waals surface area contributed by atoms with E-state index in [4.69, 9.17) is 16.0 Å². The van der Waals surface area contributed by atoms with Gasteiger partial charge in [0, 0.05) is 17.1 Å². The molecule has 1 aromatic heterocycles. The average Bonchev–Trinajstić information content (AvgIpc) is 3.38. The Hall–Kier alpha value is -4.68. The van der Waals surface area contributed by atoms with Gasteiger partial charge in [0.2, 0.25) is 5.76 Å². The van der Waals surface area contributed by atoms with Crippen LogP contribution < -0.4 is 10.3 Å². The van der Waals surface area contributed by atoms with Gasteiger partial charge in [0.15, 0.2) is 11.0 Å². The minimum Gasteiger partial charge on any atom is -0.450 e. The lowest BCUT2D eigenvalue weighted by molar-refractivity contribution is -0.126. The van der Waals surface area contributed by atoms with Gasteiger partial charge in [-0.05, 0) is 48.7 Å². The van der Waals surface area contributed by atoms with Crippen molar-refractivity contribution < 1.29 is 14.0 Å². The molecule has 0 saturated carbocycles. The van der Waals surface area contributed by atoms with Gasteiger partial charge in [0.1, 0.15) is 5.58 Å². The van der Waals surface area contributed by atoms with Crippen molar-refractivity contribution in [3.8, 4) is 0 Å². The van der Waals surface area contributed by atoms with Crippen LogP contribution in [0.3, 0.4) is 0 Å². The minimum atomic E-state index is -1.67. The Kier molecular flexibility index (Phi) is 5.84. The number of nitrogens with zero attached hydrogens (tertiary/aromatic N) is 2. The molecule has 5 aromatic rings. The molecular weight excluding hydrogens is 536 g/mol. The van der Waals surface area contributed by atoms with Crippen LogP contribution in [0.15, 0.2) is 106 Å². The second-order valence-electron chi connectivity index (χ2n) is 10.6. The first-order valence-electron chi connectivity index (χ1n) is 13.5. The number of amides is 2. The van der Waals surface area contributed by atoms with E-state index < -0.39 is 16.9 Å². The van der Waals surface area contributed by atoms with Gasteiger partial charge in [-0.2, -0.15) is 0 Å². The van der Waals surface area contributed by atoms with Gasteiger partial charge in [0.05, 0.1) is 23.2 Å². The number of carbonyl (C=O) groups is 2. The fourth-order valence-electron chi connectivity index (χ4n) is 6.18. The lowest BCUT2D eigenvalue weighted by atomic mass is 9.83. The molecule has 41 heavy (non-hydrogen) atoms. The summed E-state index contributed by atoms with van der Waals surface area (Å²) >= 11 is 6.27. The molecule has 0 saturated heterocycles. The van der Waals surface area contributed by atoms with Crippen molar-refractivity contribution in [2.75, 3.05) is 11.4 Å². The Balaban J connectivity index is 1.47. The Labute approximate surface area is 241 Å². The molecule has 1 atom stereocenters. The number of aryl methyl sites for hydroxylation is 1. The van der Waals surface area contributed by atoms with Crippen molar-refractivity contribution in [2.45, 2.75) is 25.4 Å². The molecule has 4 aromatic carbocycles. The largest absolute Gasteiger partial charge is 0.450 e. The molecule has 1 spiro atoms. The normalized spacial score (nSPS) is 17.5. The molecule has 0 fully saturated rings. The SMILES string of the molecule is Cc1ccc(CN2C(=O)C3(c4ccccc42)c2c(oc4ccc(Cl)cc4c2=O)C(=O)N3CCc2ccccc2)cc1. The Morgan fingerprint density at radius 3 is 2.34 bits per heavy atom. The maximum absolute atomic E-state index is 14.9. The Morgan fingerprint density at radius 2 is 1.56 bits per heavy atom. The maximum Gasteiger partial charge on any atom is 0.291 e. The van der Waals surface area contributed by atoms with E-state index in [-0.39, 0.29) is 34.7 Å². The number of fused-ring (bicyclic) bond motifs is 5. The second kappa shape index (κ2) is 9.46. The van der Waals surface area contributed by atoms with Gasteiger partial charge in [-0.1, -0.05) is 90.0 Å². The molecule has 2 amide bonds. The van der Waals surface area contributed by atoms with Gasteiger partial charge in [-0.25, -0.2) is 0 Å². The lowest BCUT2D eigenvalue weighted by Crippen LogP contribution is -2.53. The van der Waals surface area contributed by atoms with E-state index in [9.17, 15) is 14.4 Å². The molecule has 1 unspecified atom stereocenters. The molecule has 0 N–H and O–H groups in total. The van der Waals surface area contributed by atoms with Crippen molar-refractivity contribution >= 4 is 40.1 Å². The highest BCUT2D eigenvalue weighted by atomic mass is 35.5. The molecule has 6 nitrogen and oxygen atoms in total. The summed E-state index contributed by atoms with van der Waals surface area (Å²) in [5.41, 5.74) is 2.52. The zero-order valence-corrected chi connectivity index (χ0v) is 23.0. The van der Waals surface area contributed by atoms with Gasteiger partial charge in [-0.3, -0.25) is 14.4 Å². The smallest absolute Gasteiger partial charge is 0.291 e. The molecule has 7 heteroatoms. The Bertz CT molecular complexity index is 1920. The van der Waals surface area contributed by atoms with Crippen LogP contribution in [0.2, 0.25) is 5.02 Å². The van der Waals surface area contributed by atoms with Crippen LogP contribution >= 0.6 is 11.6 Å². The van der Waals surface area contributed by atoms with Gasteiger partial charge in [-0.15, -0.1) is 0 Å². The molecule has 2 aliphatic rings. The number of para-hydroxylation sites is 1. The van der Waals surface area contributed by atoms with E-state index >= 15 is 0 Å². The monoisotopic (exact) mass is 560 g/mol. The minimum absolute atomic E-state index is 0.0502. The van der Waals surface area contributed by atoms with Crippen LogP contribution in [0.1, 0.15) is 38.4 Å². The number of anilines is 1. The first-order valence-corrected chi connectivity index (χ1v) is 13.9. The van der Waals surface area contributed by atoms with E-state index in [1.165, 1.54) is 11.0 Å². The average molecular weight is 561 g/mol. The predicted molar refractivity (Wildman–Crippen MR) is 158 cm³/mol. The van der Waals surface area contributed by atoms with Crippen LogP contribution in [-0.4, -0.2) is 23.3 Å². The maximum atomic E-state index is 14.9. The summed E-state index contributed by atoms with van der Waals surface area (Å²) < 4.78 is 6.13. The second-order valence-corrected chi connectivity index (χ2v) is 11.0. The summed E-state index contributed by atoms with van der Waals surface area (Å²) in [6, 6.07) is 29.9. The summed E-state index contributed by atoms with van der Waals surface area (Å²) in [5.74, 6) is -0.934. The molecule has 0 radical (unpaired) electrons. The van der Waals surface area contributed by atoms with Crippen LogP contribution in [0.4, 0.5) is 5.69 Å². The molecule has 0 aliphatic carbocycles. The molecule has 0 bridgehead atoms. The van der Waals surface area contributed by atoms with Crippen LogP contribution in [0, 0.1) is 6.92 Å². The van der Waals surface area contributed by atoms with Crippen LogP contribution in [0.5, 0.6) is 0 Å². The zero-order chi connectivity index (χ0) is 28.3. The highest BCUT2D eigenvalue weighted by Gasteiger charge is 2.64. The van der Waals surface area contributed by atoms with E-state index in [0.29, 0.717) is 29.2 Å². The van der Waals surface area contributed by atoms with E-state index in [1.807, 2.05) is 85.8 Å². The molecular formula is C34H25ClN2O4. The highest BCUT2D eigenvalue weighted by Crippen LogP contribution is 2.53. The van der Waals surface area contributed by atoms with Gasteiger partial charge in [0.25, 0.3) is 11.8 Å². The molecule has 7 rings (SSSR count). The van der Waals surface area contributed by atoms with E-state index in [1.54, 1.807) is 17.0 Å². The summed E-state index contributed by atoms with van der Waals surface area (Å²) in [6.07, 6.45) is 0.495. The van der Waals surface area contributed by atoms with Crippen molar-refractivity contribution in [1.82, 2.24) is 4.90 Å². The standard InChI is InChI=1S/C34H25ClN2O4/c1-21-11-13-23(14-12-21)20-36-27-10-6-5-9-26(27)34(33(36)40)29-30(38)25-19-24(35)15-16-28(25)41-31(29)32(39)37(34)18-17-22-7-3-2-4-8-22/h2-16,19H,17-18,20H2,1H3. The van der Waals surface area contributed by atoms with Crippen molar-refractivity contribution in [1.29, 1.82) is 0 Å². The predicted octanol–water partition coefficient (Wildman–Crippen LogP) is 6.24. The van der Waals surface area contributed by atoms with Crippen molar-refractivity contribution in [3.63, 3.8) is 0 Å². The number of benzene rings is 4. The zero-order valence-electron chi connectivity index (χ0n) is 22.3. The summed E-state index contributed by atoms with van der Waals surface area (Å²) in [6.45, 7) is 2.51. The molecule has 2 aliphatic heterocycles. The van der Waals surface area contributed by atoms with E-state index in [2.05, 4.69) is 0 Å². The number of hydrogen-bond acceptors (Lipinski definition) is 4. The third kappa shape index (κ3) is 3.75. The summed E-state index contributed by atoms with van der Waals surface area (Å²) in [7, 11) is 0. The first kappa shape index (κ1) is 25.3. The van der Waals surface area contributed by atoms with Crippen LogP contribution in [0.25, 0.3) is 11.0 Å². The van der Waals surface area contributed by atoms with Crippen molar-refractivity contribution in [3.05, 3.63) is 146 Å². The van der Waals surface area contributed by atoms with Gasteiger partial charge < -0.3 is 14.2 Å². The third-order valence-electron chi connectivity index (χ3n) is 8.13. The summed E-state index contributed by atoms with van der Waals surface area (Å²) in [4.78, 5) is 46.6. The first-order chi connectivity index (χ1) is 19.9. The molecule has 202 valence electrons. The molecule has 3 heterocycles. The van der Waals surface area contributed by atoms with Crippen molar-refractivity contribution in [2.24, 2.45) is 0 Å². The lowest BCUT2D eigenvalue weighted by Gasteiger charge is -2.34. The number of halogens is 1. The number of carbonyl (C=O) groups excluding carboxylic acids is 2. The van der Waals surface area contributed by atoms with Crippen LogP contribution in [-0.2, 0) is 23.3 Å². The van der Waals surface area contributed by atoms with Gasteiger partial charge >= 0.3 is 0 Å². The number of rotatable bonds is 5. The quantitative estimate of drug-likeness (QED) is 0.255. The topological polar surface area (TPSA) is 70.8 Å². The fraction of sp³-hybridized carbons (Fsp3) is 0.147. The summed E-state index contributed by atoms with van der Waals surface area (Å²) in [5, 5.41) is 0.596. The fourth-order valence-corrected chi connectivity index (χ4v) is 6.35. The third-order valence-corrected chi connectivity index (χ3v) is 8.36. The van der Waals surface area contributed by atoms with E-state index in [0.717, 1.165) is 16.7 Å². The Morgan fingerprint density at radius 1 is 0.829 bits per heavy atom. The highest BCUT2D eigenvalue weighted by molar-refractivity contribution is 6.31. The number of hydrogen-bond donors (Lipinski definition) is 0.